The van der Waals surface area contributed by atoms with Gasteiger partial charge in [0.05, 0.1) is 16.0 Å². The summed E-state index contributed by atoms with van der Waals surface area (Å²) < 4.78 is 0. The highest BCUT2D eigenvalue weighted by molar-refractivity contribution is 6.33. The molecule has 1 unspecified atom stereocenters. The van der Waals surface area contributed by atoms with E-state index in [1.54, 1.807) is 17.9 Å². The average Bonchev–Trinajstić information content (AvgIpc) is 2.46. The van der Waals surface area contributed by atoms with E-state index >= 15 is 0 Å². The fourth-order valence-corrected chi connectivity index (χ4v) is 3.06. The van der Waals surface area contributed by atoms with E-state index in [9.17, 15) is 14.7 Å². The summed E-state index contributed by atoms with van der Waals surface area (Å²) in [6, 6.07) is 1.64. The maximum Gasteiger partial charge on any atom is 0.311 e. The third kappa shape index (κ3) is 3.02. The number of rotatable bonds is 3. The number of carboxylic acid groups (broad SMARTS) is 1. The molecule has 1 amide bonds. The molecule has 114 valence electrons. The Labute approximate surface area is 128 Å². The van der Waals surface area contributed by atoms with Crippen molar-refractivity contribution in [3.8, 4) is 0 Å². The Bertz CT molecular complexity index is 576. The van der Waals surface area contributed by atoms with Crippen LogP contribution in [0.5, 0.6) is 0 Å². The van der Waals surface area contributed by atoms with E-state index in [0.29, 0.717) is 36.4 Å². The first-order chi connectivity index (χ1) is 9.89. The van der Waals surface area contributed by atoms with Crippen molar-refractivity contribution >= 4 is 23.5 Å². The predicted molar refractivity (Wildman–Crippen MR) is 79.5 cm³/mol. The van der Waals surface area contributed by atoms with Gasteiger partial charge in [-0.15, -0.1) is 0 Å². The number of carboxylic acids is 1. The molecule has 2 rings (SSSR count). The van der Waals surface area contributed by atoms with Gasteiger partial charge in [0.2, 0.25) is 0 Å². The molecule has 0 aliphatic carbocycles. The van der Waals surface area contributed by atoms with Crippen LogP contribution in [0, 0.1) is 12.3 Å². The molecule has 21 heavy (non-hydrogen) atoms. The highest BCUT2D eigenvalue weighted by Crippen LogP contribution is 2.34. The van der Waals surface area contributed by atoms with Crippen LogP contribution in [0.15, 0.2) is 12.3 Å². The molecule has 1 aromatic heterocycles. The number of aromatic nitrogens is 1. The second kappa shape index (κ2) is 6.02. The molecule has 0 bridgehead atoms. The molecular weight excluding hydrogens is 292 g/mol. The number of aliphatic carboxylic acids is 1. The number of amides is 1. The Morgan fingerprint density at radius 3 is 2.81 bits per heavy atom. The van der Waals surface area contributed by atoms with Crippen LogP contribution in [0.2, 0.25) is 5.02 Å². The Morgan fingerprint density at radius 1 is 1.52 bits per heavy atom. The zero-order valence-electron chi connectivity index (χ0n) is 12.2. The minimum absolute atomic E-state index is 0.224. The Balaban J connectivity index is 2.25. The Kier molecular flexibility index (Phi) is 4.52. The largest absolute Gasteiger partial charge is 0.481 e. The predicted octanol–water partition coefficient (Wildman–Crippen LogP) is 2.76. The molecule has 1 N–H and O–H groups in total. The number of hydrogen-bond acceptors (Lipinski definition) is 3. The zero-order valence-corrected chi connectivity index (χ0v) is 13.0. The maximum absolute atomic E-state index is 12.6. The molecule has 1 fully saturated rings. The SMILES string of the molecule is CCC1(C(=O)O)CCCN(C(=O)c2cnc(C)cc2Cl)C1. The fourth-order valence-electron chi connectivity index (χ4n) is 2.77. The van der Waals surface area contributed by atoms with Crippen molar-refractivity contribution in [1.82, 2.24) is 9.88 Å². The van der Waals surface area contributed by atoms with E-state index in [1.807, 2.05) is 6.92 Å². The second-order valence-corrected chi connectivity index (χ2v) is 5.98. The van der Waals surface area contributed by atoms with Crippen molar-refractivity contribution in [3.05, 3.63) is 28.5 Å². The quantitative estimate of drug-likeness (QED) is 0.932. The van der Waals surface area contributed by atoms with E-state index in [-0.39, 0.29) is 12.5 Å². The molecule has 1 aromatic rings. The van der Waals surface area contributed by atoms with Crippen LogP contribution in [0.3, 0.4) is 0 Å². The van der Waals surface area contributed by atoms with Crippen molar-refractivity contribution in [2.24, 2.45) is 5.41 Å². The maximum atomic E-state index is 12.6. The lowest BCUT2D eigenvalue weighted by molar-refractivity contribution is -0.152. The van der Waals surface area contributed by atoms with Gasteiger partial charge in [-0.25, -0.2) is 0 Å². The zero-order chi connectivity index (χ0) is 15.6. The lowest BCUT2D eigenvalue weighted by Gasteiger charge is -2.39. The van der Waals surface area contributed by atoms with Gasteiger partial charge in [-0.1, -0.05) is 18.5 Å². The highest BCUT2D eigenvalue weighted by atomic mass is 35.5. The number of likely N-dealkylation sites (tertiary alicyclic amines) is 1. The summed E-state index contributed by atoms with van der Waals surface area (Å²) in [7, 11) is 0. The number of aryl methyl sites for hydroxylation is 1. The molecule has 1 saturated heterocycles. The van der Waals surface area contributed by atoms with Gasteiger partial charge in [-0.3, -0.25) is 14.6 Å². The van der Waals surface area contributed by atoms with E-state index < -0.39 is 11.4 Å². The Morgan fingerprint density at radius 2 is 2.24 bits per heavy atom. The lowest BCUT2D eigenvalue weighted by Crippen LogP contribution is -2.49. The van der Waals surface area contributed by atoms with E-state index in [2.05, 4.69) is 4.98 Å². The number of pyridine rings is 1. The molecule has 0 spiro atoms. The average molecular weight is 311 g/mol. The molecule has 1 aliphatic rings. The van der Waals surface area contributed by atoms with Crippen LogP contribution in [0.4, 0.5) is 0 Å². The van der Waals surface area contributed by atoms with Crippen molar-refractivity contribution < 1.29 is 14.7 Å². The van der Waals surface area contributed by atoms with Gasteiger partial charge in [-0.2, -0.15) is 0 Å². The van der Waals surface area contributed by atoms with Crippen molar-refractivity contribution in [3.63, 3.8) is 0 Å². The molecule has 0 radical (unpaired) electrons. The van der Waals surface area contributed by atoms with Gasteiger partial charge in [-0.05, 0) is 32.3 Å². The number of nitrogens with zero attached hydrogens (tertiary/aromatic N) is 2. The number of carbonyl (C=O) groups excluding carboxylic acids is 1. The summed E-state index contributed by atoms with van der Waals surface area (Å²) in [4.78, 5) is 29.8. The third-order valence-electron chi connectivity index (χ3n) is 4.22. The second-order valence-electron chi connectivity index (χ2n) is 5.57. The van der Waals surface area contributed by atoms with Gasteiger partial charge in [0.25, 0.3) is 5.91 Å². The van der Waals surface area contributed by atoms with Crippen LogP contribution in [0.25, 0.3) is 0 Å². The summed E-state index contributed by atoms with van der Waals surface area (Å²) >= 11 is 6.11. The van der Waals surface area contributed by atoms with E-state index in [1.165, 1.54) is 6.20 Å². The van der Waals surface area contributed by atoms with Gasteiger partial charge in [0, 0.05) is 25.0 Å². The summed E-state index contributed by atoms with van der Waals surface area (Å²) in [6.07, 6.45) is 3.25. The molecule has 1 atom stereocenters. The van der Waals surface area contributed by atoms with Crippen LogP contribution in [0.1, 0.15) is 42.2 Å². The normalized spacial score (nSPS) is 22.1. The van der Waals surface area contributed by atoms with Crippen LogP contribution < -0.4 is 0 Å². The van der Waals surface area contributed by atoms with Crippen molar-refractivity contribution in [1.29, 1.82) is 0 Å². The third-order valence-corrected chi connectivity index (χ3v) is 4.53. The van der Waals surface area contributed by atoms with Crippen LogP contribution in [-0.4, -0.2) is 40.0 Å². The number of hydrogen-bond donors (Lipinski definition) is 1. The minimum atomic E-state index is -0.849. The minimum Gasteiger partial charge on any atom is -0.481 e. The van der Waals surface area contributed by atoms with E-state index in [0.717, 1.165) is 5.69 Å². The lowest BCUT2D eigenvalue weighted by atomic mass is 9.77. The topological polar surface area (TPSA) is 70.5 Å². The Hall–Kier alpha value is -1.62. The van der Waals surface area contributed by atoms with E-state index in [4.69, 9.17) is 11.6 Å². The smallest absolute Gasteiger partial charge is 0.311 e. The molecular formula is C15H19ClN2O3. The molecule has 0 aromatic carbocycles. The number of carbonyl (C=O) groups is 2. The standard InChI is InChI=1S/C15H19ClN2O3/c1-3-15(14(20)21)5-4-6-18(9-15)13(19)11-8-17-10(2)7-12(11)16/h7-8H,3-6,9H2,1-2H3,(H,20,21). The van der Waals surface area contributed by atoms with Crippen LogP contribution in [-0.2, 0) is 4.79 Å². The van der Waals surface area contributed by atoms with Crippen molar-refractivity contribution in [2.75, 3.05) is 13.1 Å². The summed E-state index contributed by atoms with van der Waals surface area (Å²) in [5.41, 5.74) is 0.224. The monoisotopic (exact) mass is 310 g/mol. The molecule has 2 heterocycles. The van der Waals surface area contributed by atoms with Gasteiger partial charge in [0.15, 0.2) is 0 Å². The summed E-state index contributed by atoms with van der Waals surface area (Å²) in [5.74, 6) is -1.08. The first kappa shape index (κ1) is 15.8. The summed E-state index contributed by atoms with van der Waals surface area (Å²) in [6.45, 7) is 4.43. The first-order valence-corrected chi connectivity index (χ1v) is 7.42. The molecule has 0 saturated carbocycles. The van der Waals surface area contributed by atoms with Gasteiger partial charge >= 0.3 is 5.97 Å². The molecule has 5 nitrogen and oxygen atoms in total. The first-order valence-electron chi connectivity index (χ1n) is 7.04. The summed E-state index contributed by atoms with van der Waals surface area (Å²) in [5, 5.41) is 9.83. The van der Waals surface area contributed by atoms with Crippen LogP contribution >= 0.6 is 11.6 Å². The van der Waals surface area contributed by atoms with Crippen molar-refractivity contribution in [2.45, 2.75) is 33.1 Å². The fraction of sp³-hybridized carbons (Fsp3) is 0.533. The van der Waals surface area contributed by atoms with Gasteiger partial charge < -0.3 is 10.0 Å². The molecule has 6 heteroatoms. The van der Waals surface area contributed by atoms with Gasteiger partial charge in [0.1, 0.15) is 0 Å². The number of halogens is 1. The molecule has 1 aliphatic heterocycles. The number of piperidine rings is 1. The highest BCUT2D eigenvalue weighted by Gasteiger charge is 2.42.